The molecule has 0 bridgehead atoms. The summed E-state index contributed by atoms with van der Waals surface area (Å²) in [4.78, 5) is 33.8. The molecule has 148 valence electrons. The molecule has 7 heteroatoms. The van der Waals surface area contributed by atoms with E-state index < -0.39 is 0 Å². The molecule has 1 aromatic heterocycles. The predicted octanol–water partition coefficient (Wildman–Crippen LogP) is 3.17. The summed E-state index contributed by atoms with van der Waals surface area (Å²) in [5, 5.41) is 2.99. The van der Waals surface area contributed by atoms with Crippen LogP contribution in [0.1, 0.15) is 55.7 Å². The molecule has 1 aliphatic carbocycles. The van der Waals surface area contributed by atoms with E-state index in [1.165, 1.54) is 31.4 Å². The first-order chi connectivity index (χ1) is 13.6. The van der Waals surface area contributed by atoms with Crippen molar-refractivity contribution < 1.29 is 9.18 Å². The lowest BCUT2D eigenvalue weighted by atomic mass is 9.94. The van der Waals surface area contributed by atoms with Gasteiger partial charge in [0.05, 0.1) is 5.69 Å². The van der Waals surface area contributed by atoms with Crippen LogP contribution in [0.4, 0.5) is 10.3 Å². The highest BCUT2D eigenvalue weighted by Gasteiger charge is 2.36. The smallest absolute Gasteiger partial charge is 0.252 e. The molecule has 4 rings (SSSR count). The highest BCUT2D eigenvalue weighted by molar-refractivity contribution is 5.80. The second kappa shape index (κ2) is 8.12. The van der Waals surface area contributed by atoms with Gasteiger partial charge >= 0.3 is 0 Å². The van der Waals surface area contributed by atoms with E-state index in [4.69, 9.17) is 0 Å². The predicted molar refractivity (Wildman–Crippen MR) is 105 cm³/mol. The van der Waals surface area contributed by atoms with Crippen LogP contribution in [-0.4, -0.2) is 33.4 Å². The summed E-state index contributed by atoms with van der Waals surface area (Å²) < 4.78 is 13.8. The first-order valence-corrected chi connectivity index (χ1v) is 9.98. The normalized spacial score (nSPS) is 20.5. The Hall–Kier alpha value is -2.70. The van der Waals surface area contributed by atoms with E-state index in [-0.39, 0.29) is 29.7 Å². The third-order valence-electron chi connectivity index (χ3n) is 5.76. The monoisotopic (exact) mass is 384 g/mol. The van der Waals surface area contributed by atoms with Gasteiger partial charge in [-0.25, -0.2) is 9.37 Å². The zero-order valence-electron chi connectivity index (χ0n) is 15.8. The summed E-state index contributed by atoms with van der Waals surface area (Å²) in [6.07, 6.45) is 6.11. The summed E-state index contributed by atoms with van der Waals surface area (Å²) in [6.45, 7) is 0.837. The van der Waals surface area contributed by atoms with E-state index in [0.717, 1.165) is 12.8 Å². The topological polar surface area (TPSA) is 78.1 Å². The summed E-state index contributed by atoms with van der Waals surface area (Å²) >= 11 is 0. The minimum Gasteiger partial charge on any atom is -0.352 e. The molecule has 1 saturated heterocycles. The average Bonchev–Trinajstić information content (AvgIpc) is 3.09. The molecule has 1 aromatic carbocycles. The van der Waals surface area contributed by atoms with Crippen molar-refractivity contribution in [2.45, 2.75) is 57.0 Å². The Labute approximate surface area is 163 Å². The number of likely N-dealkylation sites (tertiary alicyclic amines) is 1. The number of anilines is 1. The molecule has 0 radical (unpaired) electrons. The fourth-order valence-corrected chi connectivity index (χ4v) is 4.27. The van der Waals surface area contributed by atoms with Gasteiger partial charge in [-0.3, -0.25) is 14.6 Å². The summed E-state index contributed by atoms with van der Waals surface area (Å²) in [5.41, 5.74) is 0.839. The lowest BCUT2D eigenvalue weighted by Gasteiger charge is -2.31. The van der Waals surface area contributed by atoms with Crippen LogP contribution in [0.2, 0.25) is 0 Å². The highest BCUT2D eigenvalue weighted by Crippen LogP contribution is 2.32. The van der Waals surface area contributed by atoms with Gasteiger partial charge in [-0.1, -0.05) is 37.5 Å². The molecule has 2 aromatic rings. The van der Waals surface area contributed by atoms with Crippen molar-refractivity contribution in [3.8, 4) is 0 Å². The van der Waals surface area contributed by atoms with Crippen molar-refractivity contribution in [2.75, 3.05) is 11.9 Å². The number of aromatic amines is 1. The van der Waals surface area contributed by atoms with Crippen LogP contribution < -0.4 is 10.9 Å². The fraction of sp³-hybridized carbons (Fsp3) is 0.476. The molecule has 2 N–H and O–H groups in total. The van der Waals surface area contributed by atoms with Crippen LogP contribution >= 0.6 is 0 Å². The largest absolute Gasteiger partial charge is 0.352 e. The maximum atomic E-state index is 13.8. The lowest BCUT2D eigenvalue weighted by Crippen LogP contribution is -2.37. The Bertz CT molecular complexity index is 907. The third-order valence-corrected chi connectivity index (χ3v) is 5.76. The first-order valence-electron chi connectivity index (χ1n) is 9.98. The average molecular weight is 384 g/mol. The minimum absolute atomic E-state index is 0.0780. The van der Waals surface area contributed by atoms with Gasteiger partial charge in [-0.15, -0.1) is 0 Å². The molecule has 28 heavy (non-hydrogen) atoms. The number of nitrogens with one attached hydrogen (secondary N) is 2. The molecule has 2 fully saturated rings. The van der Waals surface area contributed by atoms with Crippen molar-refractivity contribution in [1.82, 2.24) is 14.9 Å². The number of amides is 1. The summed E-state index contributed by atoms with van der Waals surface area (Å²) in [5.74, 6) is 0.0675. The van der Waals surface area contributed by atoms with Crippen molar-refractivity contribution in [3.05, 3.63) is 57.8 Å². The molecule has 1 aliphatic heterocycles. The van der Waals surface area contributed by atoms with E-state index in [0.29, 0.717) is 36.2 Å². The van der Waals surface area contributed by atoms with Gasteiger partial charge in [0.15, 0.2) is 0 Å². The van der Waals surface area contributed by atoms with Crippen molar-refractivity contribution in [3.63, 3.8) is 0 Å². The second-order valence-corrected chi connectivity index (χ2v) is 7.70. The van der Waals surface area contributed by atoms with Gasteiger partial charge in [0.25, 0.3) is 5.56 Å². The maximum absolute atomic E-state index is 13.8. The van der Waals surface area contributed by atoms with Crippen LogP contribution in [-0.2, 0) is 11.3 Å². The number of halogens is 1. The van der Waals surface area contributed by atoms with Crippen molar-refractivity contribution >= 4 is 11.9 Å². The number of hydrogen-bond acceptors (Lipinski definition) is 4. The summed E-state index contributed by atoms with van der Waals surface area (Å²) in [6, 6.07) is 8.27. The second-order valence-electron chi connectivity index (χ2n) is 7.70. The number of carbonyl (C=O) groups excluding carboxylic acids is 1. The molecule has 2 heterocycles. The number of benzene rings is 1. The molecule has 6 nitrogen and oxygen atoms in total. The molecule has 2 aliphatic rings. The zero-order valence-corrected chi connectivity index (χ0v) is 15.8. The fourth-order valence-electron chi connectivity index (χ4n) is 4.27. The molecule has 1 saturated carbocycles. The third kappa shape index (κ3) is 4.08. The number of nitrogens with zero attached hydrogens (tertiary/aromatic N) is 2. The highest BCUT2D eigenvalue weighted by atomic mass is 19.1. The molecular weight excluding hydrogens is 359 g/mol. The molecule has 1 atom stereocenters. The number of carbonyl (C=O) groups is 1. The zero-order chi connectivity index (χ0) is 19.5. The van der Waals surface area contributed by atoms with Crippen molar-refractivity contribution in [2.24, 2.45) is 0 Å². The molecular formula is C21H25FN4O2. The van der Waals surface area contributed by atoms with Crippen molar-refractivity contribution in [1.29, 1.82) is 0 Å². The molecule has 1 amide bonds. The first kappa shape index (κ1) is 18.7. The van der Waals surface area contributed by atoms with Gasteiger partial charge in [-0.05, 0) is 18.9 Å². The van der Waals surface area contributed by atoms with Crippen LogP contribution in [0.3, 0.4) is 0 Å². The standard InChI is InChI=1S/C21H25FN4O2/c22-17-9-5-4-6-14(17)12-23-21-24-18(11-19(27)25-21)15-10-20(28)26(13-15)16-7-2-1-3-8-16/h4-6,9,11,15-16H,1-3,7-8,10,12-13H2,(H2,23,24,25,27)/t15-/m0/s1. The van der Waals surface area contributed by atoms with Crippen LogP contribution in [0.25, 0.3) is 0 Å². The van der Waals surface area contributed by atoms with E-state index in [1.54, 1.807) is 18.2 Å². The Balaban J connectivity index is 1.47. The SMILES string of the molecule is O=C1C[C@H](c2cc(=O)[nH]c(NCc3ccccc3F)n2)CN1C1CCCCC1. The van der Waals surface area contributed by atoms with E-state index in [2.05, 4.69) is 15.3 Å². The van der Waals surface area contributed by atoms with Crippen LogP contribution in [0.15, 0.2) is 35.1 Å². The number of rotatable bonds is 5. The van der Waals surface area contributed by atoms with Gasteiger partial charge in [-0.2, -0.15) is 0 Å². The Morgan fingerprint density at radius 1 is 1.18 bits per heavy atom. The molecule has 0 spiro atoms. The number of hydrogen-bond donors (Lipinski definition) is 2. The van der Waals surface area contributed by atoms with E-state index in [9.17, 15) is 14.0 Å². The number of H-pyrrole nitrogens is 1. The van der Waals surface area contributed by atoms with E-state index >= 15 is 0 Å². The molecule has 0 unspecified atom stereocenters. The Kier molecular flexibility index (Phi) is 5.41. The maximum Gasteiger partial charge on any atom is 0.252 e. The van der Waals surface area contributed by atoms with Crippen LogP contribution in [0.5, 0.6) is 0 Å². The Morgan fingerprint density at radius 2 is 1.96 bits per heavy atom. The van der Waals surface area contributed by atoms with Gasteiger partial charge in [0.1, 0.15) is 5.82 Å². The number of aromatic nitrogens is 2. The summed E-state index contributed by atoms with van der Waals surface area (Å²) in [7, 11) is 0. The minimum atomic E-state index is -0.307. The Morgan fingerprint density at radius 3 is 2.75 bits per heavy atom. The quantitative estimate of drug-likeness (QED) is 0.830. The van der Waals surface area contributed by atoms with Gasteiger partial charge in [0, 0.05) is 43.1 Å². The van der Waals surface area contributed by atoms with Gasteiger partial charge in [0.2, 0.25) is 11.9 Å². The lowest BCUT2D eigenvalue weighted by molar-refractivity contribution is -0.130. The van der Waals surface area contributed by atoms with Crippen LogP contribution in [0, 0.1) is 5.82 Å². The van der Waals surface area contributed by atoms with Gasteiger partial charge < -0.3 is 10.2 Å². The van der Waals surface area contributed by atoms with E-state index in [1.807, 2.05) is 4.90 Å².